The molecule has 7 heteroatoms. The molecule has 2 rings (SSSR count). The first-order chi connectivity index (χ1) is 13.0. The summed E-state index contributed by atoms with van der Waals surface area (Å²) in [6.07, 6.45) is -0.290. The molecule has 1 saturated heterocycles. The number of hydrogen-bond acceptors (Lipinski definition) is 4. The molecule has 1 atom stereocenters. The van der Waals surface area contributed by atoms with Crippen molar-refractivity contribution in [1.29, 1.82) is 0 Å². The Morgan fingerprint density at radius 3 is 2.46 bits per heavy atom. The molecule has 0 saturated carbocycles. The Kier molecular flexibility index (Phi) is 7.32. The number of halogens is 2. The van der Waals surface area contributed by atoms with Gasteiger partial charge in [0.1, 0.15) is 11.3 Å². The van der Waals surface area contributed by atoms with Crippen molar-refractivity contribution in [1.82, 2.24) is 4.90 Å². The highest BCUT2D eigenvalue weighted by Gasteiger charge is 2.45. The van der Waals surface area contributed by atoms with Crippen molar-refractivity contribution in [3.63, 3.8) is 0 Å². The highest BCUT2D eigenvalue weighted by atomic mass is 35.5. The number of carbonyl (C=O) groups is 2. The Balaban J connectivity index is 2.17. The molecule has 1 heterocycles. The van der Waals surface area contributed by atoms with Crippen molar-refractivity contribution in [2.24, 2.45) is 0 Å². The normalized spacial score (nSPS) is 17.7. The van der Waals surface area contributed by atoms with Gasteiger partial charge in [0, 0.05) is 24.0 Å². The van der Waals surface area contributed by atoms with E-state index >= 15 is 4.39 Å². The number of piperidine rings is 1. The summed E-state index contributed by atoms with van der Waals surface area (Å²) < 4.78 is 26.4. The molecular weight excluding hydrogens is 385 g/mol. The zero-order chi connectivity index (χ0) is 20.9. The van der Waals surface area contributed by atoms with Crippen molar-refractivity contribution in [2.75, 3.05) is 19.7 Å². The highest BCUT2D eigenvalue weighted by Crippen LogP contribution is 2.43. The van der Waals surface area contributed by atoms with Crippen molar-refractivity contribution in [2.45, 2.75) is 64.1 Å². The zero-order valence-corrected chi connectivity index (χ0v) is 17.7. The van der Waals surface area contributed by atoms with Gasteiger partial charge < -0.3 is 14.4 Å². The quantitative estimate of drug-likeness (QED) is 0.629. The molecule has 1 unspecified atom stereocenters. The number of hydrogen-bond donors (Lipinski definition) is 0. The number of alkyl halides is 1. The van der Waals surface area contributed by atoms with Gasteiger partial charge in [-0.2, -0.15) is 0 Å². The maximum Gasteiger partial charge on any atom is 0.410 e. The molecule has 0 radical (unpaired) electrons. The van der Waals surface area contributed by atoms with Gasteiger partial charge in [-0.25, -0.2) is 9.18 Å². The van der Waals surface area contributed by atoms with Crippen LogP contribution < -0.4 is 0 Å². The van der Waals surface area contributed by atoms with E-state index in [0.29, 0.717) is 10.6 Å². The fraction of sp³-hybridized carbons (Fsp3) is 0.619. The molecular formula is C21H29ClFNO4. The van der Waals surface area contributed by atoms with Crippen molar-refractivity contribution in [3.05, 3.63) is 34.9 Å². The maximum atomic E-state index is 16.0. The summed E-state index contributed by atoms with van der Waals surface area (Å²) in [4.78, 5) is 25.9. The van der Waals surface area contributed by atoms with Crippen LogP contribution in [0.5, 0.6) is 0 Å². The zero-order valence-electron chi connectivity index (χ0n) is 17.0. The van der Waals surface area contributed by atoms with Crippen LogP contribution in [0.3, 0.4) is 0 Å². The molecule has 0 bridgehead atoms. The van der Waals surface area contributed by atoms with Gasteiger partial charge >= 0.3 is 12.1 Å². The van der Waals surface area contributed by atoms with Gasteiger partial charge in [-0.1, -0.05) is 23.7 Å². The third kappa shape index (κ3) is 6.09. The van der Waals surface area contributed by atoms with E-state index in [2.05, 4.69) is 0 Å². The van der Waals surface area contributed by atoms with Crippen LogP contribution in [0.25, 0.3) is 0 Å². The van der Waals surface area contributed by atoms with Gasteiger partial charge in [-0.15, -0.1) is 0 Å². The van der Waals surface area contributed by atoms with E-state index in [1.807, 2.05) is 0 Å². The lowest BCUT2D eigenvalue weighted by Crippen LogP contribution is -2.48. The molecule has 1 fully saturated rings. The number of esters is 1. The predicted octanol–water partition coefficient (Wildman–Crippen LogP) is 5.12. The number of amides is 1. The first-order valence-corrected chi connectivity index (χ1v) is 10.00. The molecule has 1 aromatic carbocycles. The summed E-state index contributed by atoms with van der Waals surface area (Å²) in [6, 6.07) is 6.92. The Labute approximate surface area is 171 Å². The van der Waals surface area contributed by atoms with E-state index in [9.17, 15) is 9.59 Å². The van der Waals surface area contributed by atoms with Crippen LogP contribution in [-0.4, -0.2) is 47.9 Å². The number of rotatable bonds is 5. The molecule has 0 aliphatic carbocycles. The molecule has 1 aliphatic rings. The Bertz CT molecular complexity index is 696. The second kappa shape index (κ2) is 9.12. The Hall–Kier alpha value is -1.82. The van der Waals surface area contributed by atoms with E-state index in [1.165, 1.54) is 4.90 Å². The minimum atomic E-state index is -1.64. The average Bonchev–Trinajstić information content (AvgIpc) is 2.59. The number of ether oxygens (including phenoxy) is 2. The standard InChI is InChI=1S/C21H29ClFNO4/c1-5-27-18(25)14-17(15-7-6-8-16(22)13-15)21(23)9-11-24(12-10-21)19(26)28-20(2,3)4/h6-8,13,17H,5,9-12,14H2,1-4H3. The van der Waals surface area contributed by atoms with Gasteiger partial charge in [0.25, 0.3) is 0 Å². The minimum absolute atomic E-state index is 0.0723. The molecule has 5 nitrogen and oxygen atoms in total. The molecule has 156 valence electrons. The number of likely N-dealkylation sites (tertiary alicyclic amines) is 1. The predicted molar refractivity (Wildman–Crippen MR) is 106 cm³/mol. The minimum Gasteiger partial charge on any atom is -0.466 e. The molecule has 1 aromatic rings. The van der Waals surface area contributed by atoms with E-state index in [1.54, 1.807) is 52.0 Å². The Morgan fingerprint density at radius 1 is 1.29 bits per heavy atom. The van der Waals surface area contributed by atoms with Gasteiger partial charge in [0.05, 0.1) is 13.0 Å². The topological polar surface area (TPSA) is 55.8 Å². The lowest BCUT2D eigenvalue weighted by molar-refractivity contribution is -0.145. The summed E-state index contributed by atoms with van der Waals surface area (Å²) in [5.74, 6) is -1.13. The van der Waals surface area contributed by atoms with Crippen molar-refractivity contribution >= 4 is 23.7 Å². The van der Waals surface area contributed by atoms with Gasteiger partial charge in [-0.3, -0.25) is 4.79 Å². The number of carbonyl (C=O) groups excluding carboxylic acids is 2. The molecule has 1 aliphatic heterocycles. The summed E-state index contributed by atoms with van der Waals surface area (Å²) in [5.41, 5.74) is -1.58. The molecule has 1 amide bonds. The van der Waals surface area contributed by atoms with Crippen LogP contribution in [0.4, 0.5) is 9.18 Å². The number of nitrogens with zero attached hydrogens (tertiary/aromatic N) is 1. The molecule has 0 aromatic heterocycles. The van der Waals surface area contributed by atoms with Crippen molar-refractivity contribution in [3.8, 4) is 0 Å². The second-order valence-electron chi connectivity index (χ2n) is 8.12. The first-order valence-electron chi connectivity index (χ1n) is 9.62. The summed E-state index contributed by atoms with van der Waals surface area (Å²) in [6.45, 7) is 7.80. The fourth-order valence-corrected chi connectivity index (χ4v) is 3.64. The van der Waals surface area contributed by atoms with Crippen LogP contribution in [0.15, 0.2) is 24.3 Å². The van der Waals surface area contributed by atoms with Crippen LogP contribution in [0.1, 0.15) is 58.4 Å². The molecule has 0 N–H and O–H groups in total. The van der Waals surface area contributed by atoms with E-state index in [-0.39, 0.29) is 39.0 Å². The SMILES string of the molecule is CCOC(=O)CC(c1cccc(Cl)c1)C1(F)CCN(C(=O)OC(C)(C)C)CC1. The first kappa shape index (κ1) is 22.5. The fourth-order valence-electron chi connectivity index (χ4n) is 3.45. The summed E-state index contributed by atoms with van der Waals surface area (Å²) in [5, 5.41) is 0.487. The number of benzene rings is 1. The van der Waals surface area contributed by atoms with E-state index in [0.717, 1.165) is 0 Å². The van der Waals surface area contributed by atoms with Crippen LogP contribution >= 0.6 is 11.6 Å². The monoisotopic (exact) mass is 413 g/mol. The van der Waals surface area contributed by atoms with Gasteiger partial charge in [-0.05, 0) is 58.2 Å². The second-order valence-corrected chi connectivity index (χ2v) is 8.56. The summed E-state index contributed by atoms with van der Waals surface area (Å²) in [7, 11) is 0. The average molecular weight is 414 g/mol. The molecule has 0 spiro atoms. The highest BCUT2D eigenvalue weighted by molar-refractivity contribution is 6.30. The smallest absolute Gasteiger partial charge is 0.410 e. The maximum absolute atomic E-state index is 16.0. The van der Waals surface area contributed by atoms with E-state index in [4.69, 9.17) is 21.1 Å². The lowest BCUT2D eigenvalue weighted by atomic mass is 9.75. The largest absolute Gasteiger partial charge is 0.466 e. The van der Waals surface area contributed by atoms with Crippen LogP contribution in [0, 0.1) is 0 Å². The van der Waals surface area contributed by atoms with E-state index < -0.39 is 29.3 Å². The van der Waals surface area contributed by atoms with Crippen LogP contribution in [0.2, 0.25) is 5.02 Å². The third-order valence-electron chi connectivity index (χ3n) is 4.80. The van der Waals surface area contributed by atoms with Gasteiger partial charge in [0.15, 0.2) is 0 Å². The van der Waals surface area contributed by atoms with Crippen LogP contribution in [-0.2, 0) is 14.3 Å². The lowest BCUT2D eigenvalue weighted by Gasteiger charge is -2.41. The van der Waals surface area contributed by atoms with Gasteiger partial charge in [0.2, 0.25) is 0 Å². The molecule has 28 heavy (non-hydrogen) atoms. The summed E-state index contributed by atoms with van der Waals surface area (Å²) >= 11 is 6.09. The van der Waals surface area contributed by atoms with Crippen molar-refractivity contribution < 1.29 is 23.5 Å². The third-order valence-corrected chi connectivity index (χ3v) is 5.03. The Morgan fingerprint density at radius 2 is 1.93 bits per heavy atom.